The lowest BCUT2D eigenvalue weighted by Gasteiger charge is -2.24. The van der Waals surface area contributed by atoms with Crippen molar-refractivity contribution in [1.29, 1.82) is 0 Å². The molecule has 12 heteroatoms. The van der Waals surface area contributed by atoms with Crippen molar-refractivity contribution in [3.05, 3.63) is 138 Å². The average Bonchev–Trinajstić information content (AvgIpc) is 3.66. The summed E-state index contributed by atoms with van der Waals surface area (Å²) in [6.45, 7) is 1.86. The van der Waals surface area contributed by atoms with E-state index in [0.717, 1.165) is 22.3 Å². The normalized spacial score (nSPS) is 11.0. The molecular weight excluding hydrogens is 775 g/mol. The fourth-order valence-electron chi connectivity index (χ4n) is 5.63. The molecule has 0 saturated carbocycles. The summed E-state index contributed by atoms with van der Waals surface area (Å²) < 4.78 is 16.3. The summed E-state index contributed by atoms with van der Waals surface area (Å²) in [5.74, 6) is 1.16. The zero-order valence-corrected chi connectivity index (χ0v) is 30.5. The Labute approximate surface area is 314 Å². The number of ether oxygens (including phenoxy) is 1. The number of nitrogens with one attached hydrogen (secondary N) is 1. The van der Waals surface area contributed by atoms with Gasteiger partial charge in [-0.05, 0) is 72.1 Å². The molecule has 0 spiro atoms. The molecule has 0 atom stereocenters. The second kappa shape index (κ2) is 16.6. The molecule has 52 heavy (non-hydrogen) atoms. The van der Waals surface area contributed by atoms with Crippen molar-refractivity contribution >= 4 is 40.5 Å². The Hall–Kier alpha value is -5.57. The highest BCUT2D eigenvalue weighted by Gasteiger charge is 2.20. The van der Waals surface area contributed by atoms with E-state index in [1.807, 2.05) is 48.5 Å². The van der Waals surface area contributed by atoms with Gasteiger partial charge >= 0.3 is 0 Å². The molecule has 3 N–H and O–H groups in total. The van der Waals surface area contributed by atoms with E-state index in [9.17, 15) is 19.8 Å². The molecule has 11 nitrogen and oxygen atoms in total. The minimum Gasteiger partial charge on any atom is -0.496 e. The van der Waals surface area contributed by atoms with Gasteiger partial charge in [-0.1, -0.05) is 77.5 Å². The van der Waals surface area contributed by atoms with E-state index in [4.69, 9.17) is 12.3 Å². The Balaban J connectivity index is 1.09. The van der Waals surface area contributed by atoms with Gasteiger partial charge in [0.1, 0.15) is 11.5 Å². The summed E-state index contributed by atoms with van der Waals surface area (Å²) in [6, 6.07) is 35.2. The fraction of sp³-hybridized carbons (Fsp3) is 0.150. The first-order chi connectivity index (χ1) is 25.2. The Morgan fingerprint density at radius 1 is 0.827 bits per heavy atom. The number of carbonyl (C=O) groups excluding carboxylic acids is 2. The molecule has 1 heterocycles. The van der Waals surface area contributed by atoms with Gasteiger partial charge in [-0.25, -0.2) is 0 Å². The first-order valence-corrected chi connectivity index (χ1v) is 17.2. The summed E-state index contributed by atoms with van der Waals surface area (Å²) in [7, 11) is 1.52. The molecule has 0 radical (unpaired) electrons. The van der Waals surface area contributed by atoms with Crippen molar-refractivity contribution in [1.82, 2.24) is 15.0 Å². The van der Waals surface area contributed by atoms with Crippen LogP contribution in [0.2, 0.25) is 0 Å². The summed E-state index contributed by atoms with van der Waals surface area (Å²) in [6.07, 6.45) is -1.73. The predicted octanol–water partition coefficient (Wildman–Crippen LogP) is 7.25. The molecule has 5 aromatic carbocycles. The number of rotatable bonds is 13. The van der Waals surface area contributed by atoms with Crippen molar-refractivity contribution in [3.8, 4) is 45.5 Å². The van der Waals surface area contributed by atoms with E-state index in [0.29, 0.717) is 45.6 Å². The summed E-state index contributed by atoms with van der Waals surface area (Å²) in [4.78, 5) is 32.3. The van der Waals surface area contributed by atoms with Crippen LogP contribution in [-0.4, -0.2) is 57.0 Å². The minimum absolute atomic E-state index is 0.0143. The maximum Gasteiger partial charge on any atom is 0.258 e. The number of hydrogen-bond acceptors (Lipinski definition) is 9. The first-order valence-electron chi connectivity index (χ1n) is 16.3. The molecule has 264 valence electrons. The number of benzene rings is 5. The second-order valence-corrected chi connectivity index (χ2v) is 12.5. The van der Waals surface area contributed by atoms with E-state index in [-0.39, 0.29) is 25.4 Å². The van der Waals surface area contributed by atoms with Crippen LogP contribution in [0.1, 0.15) is 27.0 Å². The Bertz CT molecular complexity index is 2110. The third kappa shape index (κ3) is 8.83. The number of methoxy groups -OCH3 is 1. The van der Waals surface area contributed by atoms with Crippen LogP contribution >= 0.6 is 23.0 Å². The van der Waals surface area contributed by atoms with E-state index in [1.54, 1.807) is 65.5 Å². The van der Waals surface area contributed by atoms with E-state index in [2.05, 4.69) is 46.6 Å². The highest BCUT2D eigenvalue weighted by molar-refractivity contribution is 14.1. The molecule has 6 aromatic rings. The SMILES string of the molecule is COc1cccc(OI)c1CC(=O)Nc1ccc(C(=O)N(Cc2ccc(-c3nc(-c4ccc(-c5ccc(C)cc5)cc4)no3)cc2)CC(O)O)cc1. The smallest absolute Gasteiger partial charge is 0.258 e. The topological polar surface area (TPSA) is 147 Å². The van der Waals surface area contributed by atoms with Crippen LogP contribution in [0.5, 0.6) is 11.5 Å². The standard InChI is InChI=1S/C40H35IN4O7/c1-25-6-10-27(11-7-25)28-14-16-29(17-15-28)38-43-39(52-44-38)30-12-8-26(9-13-30)23-45(24-37(47)48)40(49)31-18-20-32(21-19-31)42-36(46)22-33-34(50-2)4-3-5-35(33)51-41/h3-21,37,47-48H,22-24H2,1-2H3,(H,42,46). The predicted molar refractivity (Wildman–Crippen MR) is 205 cm³/mol. The molecule has 6 rings (SSSR count). The molecule has 0 aliphatic heterocycles. The van der Waals surface area contributed by atoms with Crippen LogP contribution < -0.4 is 13.1 Å². The van der Waals surface area contributed by atoms with Gasteiger partial charge in [0.05, 0.1) is 20.1 Å². The van der Waals surface area contributed by atoms with E-state index in [1.165, 1.54) is 17.6 Å². The molecule has 0 fully saturated rings. The molecule has 0 aliphatic rings. The number of carbonyl (C=O) groups is 2. The first kappa shape index (κ1) is 36.2. The molecule has 0 bridgehead atoms. The Morgan fingerprint density at radius 2 is 1.44 bits per heavy atom. The summed E-state index contributed by atoms with van der Waals surface area (Å²) in [5.41, 5.74) is 7.09. The third-order valence-corrected chi connectivity index (χ3v) is 8.82. The number of aliphatic hydroxyl groups is 2. The van der Waals surface area contributed by atoms with Gasteiger partial charge in [0.15, 0.2) is 29.3 Å². The van der Waals surface area contributed by atoms with Crippen molar-refractivity contribution in [2.45, 2.75) is 26.2 Å². The summed E-state index contributed by atoms with van der Waals surface area (Å²) in [5, 5.41) is 26.5. The third-order valence-electron chi connectivity index (χ3n) is 8.35. The van der Waals surface area contributed by atoms with Crippen LogP contribution in [0.25, 0.3) is 34.0 Å². The highest BCUT2D eigenvalue weighted by atomic mass is 127. The van der Waals surface area contributed by atoms with Gasteiger partial charge in [-0.2, -0.15) is 4.98 Å². The van der Waals surface area contributed by atoms with Crippen LogP contribution in [-0.2, 0) is 17.8 Å². The van der Waals surface area contributed by atoms with Crippen molar-refractivity contribution < 1.29 is 32.1 Å². The number of nitrogens with zero attached hydrogens (tertiary/aromatic N) is 3. The number of anilines is 1. The second-order valence-electron chi connectivity index (χ2n) is 12.0. The van der Waals surface area contributed by atoms with Gasteiger partial charge < -0.3 is 32.8 Å². The van der Waals surface area contributed by atoms with E-state index < -0.39 is 12.2 Å². The maximum atomic E-state index is 13.5. The zero-order valence-electron chi connectivity index (χ0n) is 28.3. The van der Waals surface area contributed by atoms with Crippen molar-refractivity contribution in [3.63, 3.8) is 0 Å². The fourth-order valence-corrected chi connectivity index (χ4v) is 6.05. The van der Waals surface area contributed by atoms with Crippen molar-refractivity contribution in [2.24, 2.45) is 0 Å². The Morgan fingerprint density at radius 3 is 2.08 bits per heavy atom. The molecule has 2 amide bonds. The largest absolute Gasteiger partial charge is 0.496 e. The van der Waals surface area contributed by atoms with Gasteiger partial charge in [0.25, 0.3) is 11.8 Å². The molecule has 0 saturated heterocycles. The van der Waals surface area contributed by atoms with Gasteiger partial charge in [-0.3, -0.25) is 9.59 Å². The molecule has 0 aliphatic carbocycles. The molecule has 0 unspecified atom stereocenters. The molecular formula is C40H35IN4O7. The van der Waals surface area contributed by atoms with Crippen LogP contribution in [0.4, 0.5) is 5.69 Å². The maximum absolute atomic E-state index is 13.5. The zero-order chi connectivity index (χ0) is 36.6. The lowest BCUT2D eigenvalue weighted by atomic mass is 10.0. The number of halogens is 1. The number of aryl methyl sites for hydroxylation is 1. The molecule has 1 aromatic heterocycles. The number of aromatic nitrogens is 2. The number of aliphatic hydroxyl groups excluding tert-OH is 1. The van der Waals surface area contributed by atoms with Crippen LogP contribution in [0.3, 0.4) is 0 Å². The minimum atomic E-state index is -1.74. The van der Waals surface area contributed by atoms with Gasteiger partial charge in [-0.15, -0.1) is 0 Å². The number of hydrogen-bond donors (Lipinski definition) is 3. The average molecular weight is 811 g/mol. The van der Waals surface area contributed by atoms with Gasteiger partial charge in [0, 0.05) is 34.5 Å². The van der Waals surface area contributed by atoms with Gasteiger partial charge in [0.2, 0.25) is 11.7 Å². The lowest BCUT2D eigenvalue weighted by molar-refractivity contribution is -0.115. The Kier molecular flexibility index (Phi) is 11.6. The van der Waals surface area contributed by atoms with E-state index >= 15 is 0 Å². The monoisotopic (exact) mass is 810 g/mol. The lowest BCUT2D eigenvalue weighted by Crippen LogP contribution is -2.37. The van der Waals surface area contributed by atoms with Crippen LogP contribution in [0.15, 0.2) is 120 Å². The van der Waals surface area contributed by atoms with Crippen molar-refractivity contribution in [2.75, 3.05) is 19.0 Å². The summed E-state index contributed by atoms with van der Waals surface area (Å²) >= 11 is 1.76. The quantitative estimate of drug-likeness (QED) is 0.0811. The highest BCUT2D eigenvalue weighted by Crippen LogP contribution is 2.31. The number of amides is 2. The van der Waals surface area contributed by atoms with Crippen LogP contribution in [0, 0.1) is 6.92 Å².